The zero-order valence-electron chi connectivity index (χ0n) is 9.06. The topological polar surface area (TPSA) is 37.9 Å². The monoisotopic (exact) mass is 252 g/mol. The van der Waals surface area contributed by atoms with Gasteiger partial charge in [0.05, 0.1) is 6.10 Å². The first kappa shape index (κ1) is 11.3. The highest BCUT2D eigenvalue weighted by molar-refractivity contribution is 7.73. The van der Waals surface area contributed by atoms with Crippen LogP contribution in [0, 0.1) is 3.95 Å². The second-order valence-electron chi connectivity index (χ2n) is 3.61. The Morgan fingerprint density at radius 1 is 1.31 bits per heavy atom. The minimum atomic E-state index is 0.193. The fourth-order valence-electron chi connectivity index (χ4n) is 1.30. The summed E-state index contributed by atoms with van der Waals surface area (Å²) in [6.07, 6.45) is 0.193. The highest BCUT2D eigenvalue weighted by Gasteiger charge is 2.03. The summed E-state index contributed by atoms with van der Waals surface area (Å²) >= 11 is 6.46. The summed E-state index contributed by atoms with van der Waals surface area (Å²) in [7, 11) is 0. The Morgan fingerprint density at radius 2 is 2.00 bits per heavy atom. The molecule has 2 aromatic rings. The molecule has 1 aromatic heterocycles. The van der Waals surface area contributed by atoms with E-state index in [0.29, 0.717) is 3.95 Å². The number of hydrogen-bond acceptors (Lipinski definition) is 4. The van der Waals surface area contributed by atoms with E-state index in [-0.39, 0.29) is 6.10 Å². The molecular formula is C11H12N2OS2. The molecule has 0 atom stereocenters. The molecule has 1 N–H and O–H groups in total. The molecule has 0 aliphatic carbocycles. The number of hydrogen-bond donors (Lipinski definition) is 1. The lowest BCUT2D eigenvalue weighted by atomic mass is 10.2. The van der Waals surface area contributed by atoms with Gasteiger partial charge in [-0.05, 0) is 50.3 Å². The van der Waals surface area contributed by atoms with E-state index in [9.17, 15) is 0 Å². The van der Waals surface area contributed by atoms with Crippen LogP contribution in [0.25, 0.3) is 10.6 Å². The van der Waals surface area contributed by atoms with Gasteiger partial charge in [-0.3, -0.25) is 5.10 Å². The Kier molecular flexibility index (Phi) is 3.36. The van der Waals surface area contributed by atoms with Gasteiger partial charge in [-0.25, -0.2) is 0 Å². The van der Waals surface area contributed by atoms with Crippen LogP contribution in [0.5, 0.6) is 5.75 Å². The van der Waals surface area contributed by atoms with Gasteiger partial charge in [0, 0.05) is 5.56 Å². The standard InChI is InChI=1S/C11H12N2OS2/c1-7(2)14-9-5-3-8(4-6-9)10-12-13-11(15)16-10/h3-7H,1-2H3,(H,13,15). The second kappa shape index (κ2) is 4.76. The molecule has 0 saturated carbocycles. The third-order valence-corrected chi connectivity index (χ3v) is 3.05. The molecule has 0 bridgehead atoms. The summed E-state index contributed by atoms with van der Waals surface area (Å²) in [6, 6.07) is 7.86. The molecule has 0 spiro atoms. The van der Waals surface area contributed by atoms with E-state index < -0.39 is 0 Å². The molecule has 3 nitrogen and oxygen atoms in total. The van der Waals surface area contributed by atoms with Crippen LogP contribution in [-0.2, 0) is 0 Å². The lowest BCUT2D eigenvalue weighted by Gasteiger charge is -2.09. The van der Waals surface area contributed by atoms with E-state index in [2.05, 4.69) is 10.2 Å². The largest absolute Gasteiger partial charge is 0.491 e. The third kappa shape index (κ3) is 2.68. The smallest absolute Gasteiger partial charge is 0.176 e. The van der Waals surface area contributed by atoms with Crippen LogP contribution >= 0.6 is 23.6 Å². The number of rotatable bonds is 3. The Bertz CT molecular complexity index is 513. The van der Waals surface area contributed by atoms with Gasteiger partial charge in [-0.15, -0.1) is 0 Å². The molecule has 84 valence electrons. The van der Waals surface area contributed by atoms with E-state index in [1.807, 2.05) is 38.1 Å². The summed E-state index contributed by atoms with van der Waals surface area (Å²) in [5.74, 6) is 0.873. The maximum absolute atomic E-state index is 5.56. The normalized spacial score (nSPS) is 10.7. The van der Waals surface area contributed by atoms with Crippen molar-refractivity contribution in [1.29, 1.82) is 0 Å². The Hall–Kier alpha value is -1.20. The number of nitrogens with zero attached hydrogens (tertiary/aromatic N) is 1. The van der Waals surface area contributed by atoms with Crippen LogP contribution in [0.15, 0.2) is 24.3 Å². The molecular weight excluding hydrogens is 240 g/mol. The molecule has 16 heavy (non-hydrogen) atoms. The average molecular weight is 252 g/mol. The van der Waals surface area contributed by atoms with Crippen LogP contribution in [0.4, 0.5) is 0 Å². The van der Waals surface area contributed by atoms with Crippen molar-refractivity contribution in [2.75, 3.05) is 0 Å². The van der Waals surface area contributed by atoms with Crippen LogP contribution in [0.3, 0.4) is 0 Å². The molecule has 0 amide bonds. The third-order valence-electron chi connectivity index (χ3n) is 1.91. The van der Waals surface area contributed by atoms with E-state index in [1.165, 1.54) is 11.3 Å². The molecule has 5 heteroatoms. The number of ether oxygens (including phenoxy) is 1. The van der Waals surface area contributed by atoms with Crippen molar-refractivity contribution in [1.82, 2.24) is 10.2 Å². The molecule has 0 radical (unpaired) electrons. The predicted octanol–water partition coefficient (Wildman–Crippen LogP) is 3.65. The minimum absolute atomic E-state index is 0.193. The summed E-state index contributed by atoms with van der Waals surface area (Å²) in [6.45, 7) is 4.01. The lowest BCUT2D eigenvalue weighted by molar-refractivity contribution is 0.242. The maximum atomic E-state index is 5.56. The van der Waals surface area contributed by atoms with Gasteiger partial charge in [-0.1, -0.05) is 11.3 Å². The first-order valence-electron chi connectivity index (χ1n) is 4.98. The van der Waals surface area contributed by atoms with Crippen LogP contribution in [-0.4, -0.2) is 16.3 Å². The van der Waals surface area contributed by atoms with Gasteiger partial charge >= 0.3 is 0 Å². The number of aromatic amines is 1. The second-order valence-corrected chi connectivity index (χ2v) is 5.27. The molecule has 2 rings (SSSR count). The van der Waals surface area contributed by atoms with Crippen molar-refractivity contribution in [2.24, 2.45) is 0 Å². The Balaban J connectivity index is 2.22. The molecule has 0 aliphatic rings. The van der Waals surface area contributed by atoms with Crippen molar-refractivity contribution in [3.8, 4) is 16.3 Å². The summed E-state index contributed by atoms with van der Waals surface area (Å²) in [4.78, 5) is 0. The number of aromatic nitrogens is 2. The van der Waals surface area contributed by atoms with Gasteiger partial charge in [0.25, 0.3) is 0 Å². The van der Waals surface area contributed by atoms with Crippen LogP contribution < -0.4 is 4.74 Å². The molecule has 1 heterocycles. The Morgan fingerprint density at radius 3 is 2.50 bits per heavy atom. The molecule has 0 saturated heterocycles. The average Bonchev–Trinajstić information content (AvgIpc) is 2.65. The summed E-state index contributed by atoms with van der Waals surface area (Å²) in [5.41, 5.74) is 1.05. The van der Waals surface area contributed by atoms with Crippen molar-refractivity contribution in [3.63, 3.8) is 0 Å². The fourth-order valence-corrected chi connectivity index (χ4v) is 2.20. The lowest BCUT2D eigenvalue weighted by Crippen LogP contribution is -2.05. The molecule has 0 unspecified atom stereocenters. The quantitative estimate of drug-likeness (QED) is 0.847. The van der Waals surface area contributed by atoms with Crippen LogP contribution in [0.2, 0.25) is 0 Å². The minimum Gasteiger partial charge on any atom is -0.491 e. The van der Waals surface area contributed by atoms with Crippen molar-refractivity contribution < 1.29 is 4.74 Å². The highest BCUT2D eigenvalue weighted by atomic mass is 32.1. The van der Waals surface area contributed by atoms with Gasteiger partial charge in [0.2, 0.25) is 0 Å². The van der Waals surface area contributed by atoms with Gasteiger partial charge < -0.3 is 4.74 Å². The zero-order chi connectivity index (χ0) is 11.5. The fraction of sp³-hybridized carbons (Fsp3) is 0.273. The zero-order valence-corrected chi connectivity index (χ0v) is 10.7. The van der Waals surface area contributed by atoms with Crippen LogP contribution in [0.1, 0.15) is 13.8 Å². The maximum Gasteiger partial charge on any atom is 0.176 e. The SMILES string of the molecule is CC(C)Oc1ccc(-c2n[nH]c(=S)s2)cc1. The summed E-state index contributed by atoms with van der Waals surface area (Å²) in [5, 5.41) is 7.79. The molecule has 0 fully saturated rings. The van der Waals surface area contributed by atoms with Crippen molar-refractivity contribution in [2.45, 2.75) is 20.0 Å². The number of nitrogens with one attached hydrogen (secondary N) is 1. The van der Waals surface area contributed by atoms with E-state index in [0.717, 1.165) is 16.3 Å². The van der Waals surface area contributed by atoms with E-state index >= 15 is 0 Å². The molecule has 0 aliphatic heterocycles. The van der Waals surface area contributed by atoms with Crippen molar-refractivity contribution >= 4 is 23.6 Å². The highest BCUT2D eigenvalue weighted by Crippen LogP contribution is 2.24. The number of benzene rings is 1. The molecule has 1 aromatic carbocycles. The first-order chi connectivity index (χ1) is 7.65. The van der Waals surface area contributed by atoms with Gasteiger partial charge in [-0.2, -0.15) is 5.10 Å². The van der Waals surface area contributed by atoms with Gasteiger partial charge in [0.15, 0.2) is 3.95 Å². The van der Waals surface area contributed by atoms with E-state index in [4.69, 9.17) is 17.0 Å². The Labute approximate surface area is 103 Å². The van der Waals surface area contributed by atoms with Crippen molar-refractivity contribution in [3.05, 3.63) is 28.2 Å². The van der Waals surface area contributed by atoms with Gasteiger partial charge in [0.1, 0.15) is 10.8 Å². The predicted molar refractivity (Wildman–Crippen MR) is 68.5 cm³/mol. The number of H-pyrrole nitrogens is 1. The first-order valence-corrected chi connectivity index (χ1v) is 6.20. The van der Waals surface area contributed by atoms with E-state index in [1.54, 1.807) is 0 Å². The summed E-state index contributed by atoms with van der Waals surface area (Å²) < 4.78 is 6.26.